The SMILES string of the molecule is C[C@@H](NC(=O)c1ccc(CN2CCC(Cc3ccccc3)CC2)cc1)c1ccccc1. The first-order valence-electron chi connectivity index (χ1n) is 11.4. The second-order valence-electron chi connectivity index (χ2n) is 8.71. The van der Waals surface area contributed by atoms with Gasteiger partial charge in [0, 0.05) is 12.1 Å². The summed E-state index contributed by atoms with van der Waals surface area (Å²) in [6.07, 6.45) is 3.71. The van der Waals surface area contributed by atoms with Gasteiger partial charge in [0.2, 0.25) is 0 Å². The molecule has 31 heavy (non-hydrogen) atoms. The average molecular weight is 413 g/mol. The van der Waals surface area contributed by atoms with E-state index in [-0.39, 0.29) is 11.9 Å². The highest BCUT2D eigenvalue weighted by Gasteiger charge is 2.19. The summed E-state index contributed by atoms with van der Waals surface area (Å²) in [4.78, 5) is 15.1. The van der Waals surface area contributed by atoms with Crippen LogP contribution in [0.4, 0.5) is 0 Å². The summed E-state index contributed by atoms with van der Waals surface area (Å²) in [5.41, 5.74) is 4.56. The first kappa shape index (κ1) is 21.3. The Labute approximate surface area is 186 Å². The predicted molar refractivity (Wildman–Crippen MR) is 127 cm³/mol. The quantitative estimate of drug-likeness (QED) is 0.545. The van der Waals surface area contributed by atoms with Crippen LogP contribution in [0.2, 0.25) is 0 Å². The van der Waals surface area contributed by atoms with Crippen LogP contribution in [0.25, 0.3) is 0 Å². The van der Waals surface area contributed by atoms with Crippen molar-refractivity contribution in [2.24, 2.45) is 5.92 Å². The van der Waals surface area contributed by atoms with Crippen LogP contribution in [0, 0.1) is 5.92 Å². The van der Waals surface area contributed by atoms with Crippen LogP contribution < -0.4 is 5.32 Å². The lowest BCUT2D eigenvalue weighted by Crippen LogP contribution is -2.33. The molecule has 0 bridgehead atoms. The molecular weight excluding hydrogens is 380 g/mol. The highest BCUT2D eigenvalue weighted by molar-refractivity contribution is 5.94. The summed E-state index contributed by atoms with van der Waals surface area (Å²) in [7, 11) is 0. The summed E-state index contributed by atoms with van der Waals surface area (Å²) in [5.74, 6) is 0.765. The smallest absolute Gasteiger partial charge is 0.251 e. The molecule has 0 spiro atoms. The van der Waals surface area contributed by atoms with Gasteiger partial charge in [-0.3, -0.25) is 9.69 Å². The van der Waals surface area contributed by atoms with Crippen molar-refractivity contribution in [2.75, 3.05) is 13.1 Å². The van der Waals surface area contributed by atoms with Gasteiger partial charge < -0.3 is 5.32 Å². The maximum atomic E-state index is 12.6. The van der Waals surface area contributed by atoms with Gasteiger partial charge in [-0.2, -0.15) is 0 Å². The molecule has 1 fully saturated rings. The number of hydrogen-bond donors (Lipinski definition) is 1. The number of piperidine rings is 1. The minimum absolute atomic E-state index is 0.00874. The van der Waals surface area contributed by atoms with Crippen LogP contribution in [0.5, 0.6) is 0 Å². The topological polar surface area (TPSA) is 32.3 Å². The van der Waals surface area contributed by atoms with E-state index in [1.54, 1.807) is 0 Å². The third kappa shape index (κ3) is 6.05. The number of amides is 1. The Bertz CT molecular complexity index is 945. The van der Waals surface area contributed by atoms with Crippen LogP contribution in [0.1, 0.15) is 52.9 Å². The number of likely N-dealkylation sites (tertiary alicyclic amines) is 1. The van der Waals surface area contributed by atoms with Crippen LogP contribution in [0.3, 0.4) is 0 Å². The molecule has 3 heteroatoms. The van der Waals surface area contributed by atoms with Crippen molar-refractivity contribution < 1.29 is 4.79 Å². The van der Waals surface area contributed by atoms with E-state index in [2.05, 4.69) is 52.7 Å². The largest absolute Gasteiger partial charge is 0.346 e. The lowest BCUT2D eigenvalue weighted by molar-refractivity contribution is 0.0940. The van der Waals surface area contributed by atoms with Crippen LogP contribution in [-0.2, 0) is 13.0 Å². The second-order valence-corrected chi connectivity index (χ2v) is 8.71. The Morgan fingerprint density at radius 1 is 0.871 bits per heavy atom. The fraction of sp³-hybridized carbons (Fsp3) is 0.321. The van der Waals surface area contributed by atoms with Gasteiger partial charge >= 0.3 is 0 Å². The van der Waals surface area contributed by atoms with Gasteiger partial charge in [-0.1, -0.05) is 72.8 Å². The van der Waals surface area contributed by atoms with Gasteiger partial charge in [-0.05, 0) is 74.0 Å². The average Bonchev–Trinajstić information content (AvgIpc) is 2.82. The summed E-state index contributed by atoms with van der Waals surface area (Å²) in [6, 6.07) is 29.0. The first-order valence-corrected chi connectivity index (χ1v) is 11.4. The Kier molecular flexibility index (Phi) is 7.16. The van der Waals surface area contributed by atoms with Crippen molar-refractivity contribution in [3.05, 3.63) is 107 Å². The molecule has 1 aliphatic heterocycles. The normalized spacial score (nSPS) is 16.0. The third-order valence-corrected chi connectivity index (χ3v) is 6.34. The van der Waals surface area contributed by atoms with E-state index < -0.39 is 0 Å². The van der Waals surface area contributed by atoms with Crippen LogP contribution >= 0.6 is 0 Å². The monoisotopic (exact) mass is 412 g/mol. The Morgan fingerprint density at radius 2 is 1.48 bits per heavy atom. The predicted octanol–water partition coefficient (Wildman–Crippen LogP) is 5.63. The lowest BCUT2D eigenvalue weighted by Gasteiger charge is -2.32. The molecule has 0 aromatic heterocycles. The molecule has 1 saturated heterocycles. The van der Waals surface area contributed by atoms with Gasteiger partial charge in [0.25, 0.3) is 5.91 Å². The number of nitrogens with zero attached hydrogens (tertiary/aromatic N) is 1. The zero-order valence-corrected chi connectivity index (χ0v) is 18.3. The van der Waals surface area contributed by atoms with Gasteiger partial charge in [0.1, 0.15) is 0 Å². The fourth-order valence-corrected chi connectivity index (χ4v) is 4.42. The molecule has 0 radical (unpaired) electrons. The molecule has 3 aromatic carbocycles. The van der Waals surface area contributed by atoms with E-state index in [9.17, 15) is 4.79 Å². The Balaban J connectivity index is 1.25. The lowest BCUT2D eigenvalue weighted by atomic mass is 9.90. The van der Waals surface area contributed by atoms with Crippen LogP contribution in [-0.4, -0.2) is 23.9 Å². The molecule has 1 aliphatic rings. The number of carbonyl (C=O) groups excluding carboxylic acids is 1. The maximum Gasteiger partial charge on any atom is 0.251 e. The highest BCUT2D eigenvalue weighted by atomic mass is 16.1. The number of nitrogens with one attached hydrogen (secondary N) is 1. The van der Waals surface area contributed by atoms with Crippen molar-refractivity contribution in [3.63, 3.8) is 0 Å². The summed E-state index contributed by atoms with van der Waals surface area (Å²) in [5, 5.41) is 3.09. The van der Waals surface area contributed by atoms with Crippen LogP contribution in [0.15, 0.2) is 84.9 Å². The van der Waals surface area contributed by atoms with Crippen molar-refractivity contribution in [1.29, 1.82) is 0 Å². The second kappa shape index (κ2) is 10.4. The minimum Gasteiger partial charge on any atom is -0.346 e. The summed E-state index contributed by atoms with van der Waals surface area (Å²) in [6.45, 7) is 5.27. The standard InChI is InChI=1S/C28H32N2O/c1-22(26-10-6-3-7-11-26)29-28(31)27-14-12-25(13-15-27)21-30-18-16-24(17-19-30)20-23-8-4-2-5-9-23/h2-15,22,24H,16-21H2,1H3,(H,29,31)/t22-/m1/s1. The molecule has 0 aliphatic carbocycles. The zero-order valence-electron chi connectivity index (χ0n) is 18.3. The number of hydrogen-bond acceptors (Lipinski definition) is 2. The van der Waals surface area contributed by atoms with E-state index in [1.165, 1.54) is 30.4 Å². The maximum absolute atomic E-state index is 12.6. The van der Waals surface area contributed by atoms with Gasteiger partial charge in [-0.25, -0.2) is 0 Å². The summed E-state index contributed by atoms with van der Waals surface area (Å²) >= 11 is 0. The highest BCUT2D eigenvalue weighted by Crippen LogP contribution is 2.23. The molecule has 1 heterocycles. The molecule has 0 unspecified atom stereocenters. The number of benzene rings is 3. The molecule has 3 aromatic rings. The van der Waals surface area contributed by atoms with Crippen molar-refractivity contribution in [3.8, 4) is 0 Å². The van der Waals surface area contributed by atoms with E-state index in [0.29, 0.717) is 5.56 Å². The molecule has 1 N–H and O–H groups in total. The molecule has 4 rings (SSSR count). The first-order chi connectivity index (χ1) is 15.2. The molecule has 1 amide bonds. The molecule has 3 nitrogen and oxygen atoms in total. The van der Waals surface area contributed by atoms with Gasteiger partial charge in [-0.15, -0.1) is 0 Å². The van der Waals surface area contributed by atoms with Crippen molar-refractivity contribution in [2.45, 2.75) is 38.8 Å². The fourth-order valence-electron chi connectivity index (χ4n) is 4.42. The number of rotatable bonds is 7. The third-order valence-electron chi connectivity index (χ3n) is 6.34. The minimum atomic E-state index is -0.0235. The summed E-state index contributed by atoms with van der Waals surface area (Å²) < 4.78 is 0. The molecule has 0 saturated carbocycles. The van der Waals surface area contributed by atoms with Crippen molar-refractivity contribution in [1.82, 2.24) is 10.2 Å². The van der Waals surface area contributed by atoms with E-state index in [4.69, 9.17) is 0 Å². The Hall–Kier alpha value is -2.91. The number of carbonyl (C=O) groups is 1. The van der Waals surface area contributed by atoms with E-state index in [1.807, 2.05) is 49.4 Å². The zero-order chi connectivity index (χ0) is 21.5. The van der Waals surface area contributed by atoms with E-state index >= 15 is 0 Å². The molecule has 160 valence electrons. The van der Waals surface area contributed by atoms with Gasteiger partial charge in [0.15, 0.2) is 0 Å². The molecule has 1 atom stereocenters. The van der Waals surface area contributed by atoms with Crippen molar-refractivity contribution >= 4 is 5.91 Å². The Morgan fingerprint density at radius 3 is 2.13 bits per heavy atom. The molecular formula is C28H32N2O. The van der Waals surface area contributed by atoms with Gasteiger partial charge in [0.05, 0.1) is 6.04 Å². The van der Waals surface area contributed by atoms with E-state index in [0.717, 1.165) is 31.1 Å².